The van der Waals surface area contributed by atoms with Crippen LogP contribution in [0.15, 0.2) is 72.8 Å². The van der Waals surface area contributed by atoms with Crippen LogP contribution in [-0.4, -0.2) is 38.0 Å². The first-order valence-corrected chi connectivity index (χ1v) is 10.2. The number of esters is 1. The minimum Gasteiger partial charge on any atom is -0.497 e. The lowest BCUT2D eigenvalue weighted by Gasteiger charge is -2.12. The number of amides is 2. The molecule has 0 bridgehead atoms. The van der Waals surface area contributed by atoms with Gasteiger partial charge in [0.05, 0.1) is 12.8 Å². The first-order valence-electron chi connectivity index (χ1n) is 10.2. The number of aryl methyl sites for hydroxylation is 1. The van der Waals surface area contributed by atoms with E-state index in [1.807, 2.05) is 31.2 Å². The maximum absolute atomic E-state index is 12.3. The maximum Gasteiger partial charge on any atom is 0.325 e. The average molecular weight is 448 g/mol. The zero-order valence-electron chi connectivity index (χ0n) is 18.3. The molecular formula is C25H24N2O6. The number of nitrogens with one attached hydrogen (secondary N) is 2. The van der Waals surface area contributed by atoms with Crippen molar-refractivity contribution in [3.63, 3.8) is 0 Å². The van der Waals surface area contributed by atoms with Crippen molar-refractivity contribution < 1.29 is 28.6 Å². The molecule has 2 N–H and O–H groups in total. The molecule has 0 spiro atoms. The number of benzene rings is 3. The number of carbonyl (C=O) groups excluding carboxylic acids is 3. The van der Waals surface area contributed by atoms with E-state index in [2.05, 4.69) is 10.6 Å². The van der Waals surface area contributed by atoms with Gasteiger partial charge in [-0.05, 0) is 49.4 Å². The molecule has 3 aromatic carbocycles. The maximum atomic E-state index is 12.3. The molecule has 0 unspecified atom stereocenters. The monoisotopic (exact) mass is 448 g/mol. The Kier molecular flexibility index (Phi) is 8.02. The molecule has 0 fully saturated rings. The lowest BCUT2D eigenvalue weighted by Crippen LogP contribution is -2.32. The minimum atomic E-state index is -0.745. The molecule has 8 nitrogen and oxygen atoms in total. The standard InChI is InChI=1S/C25H24N2O6/c1-17-10-12-19(13-11-17)33-22-9-4-3-8-21(22)27-23(28)16-32-24(29)15-26-25(30)18-6-5-7-20(14-18)31-2/h3-14H,15-16H2,1-2H3,(H,26,30)(H,27,28). The number of anilines is 1. The fourth-order valence-corrected chi connectivity index (χ4v) is 2.79. The summed E-state index contributed by atoms with van der Waals surface area (Å²) in [6.07, 6.45) is 0. The summed E-state index contributed by atoms with van der Waals surface area (Å²) in [6, 6.07) is 20.9. The fourth-order valence-electron chi connectivity index (χ4n) is 2.79. The molecule has 0 atom stereocenters. The van der Waals surface area contributed by atoms with Crippen molar-refractivity contribution in [3.8, 4) is 17.2 Å². The highest BCUT2D eigenvalue weighted by atomic mass is 16.5. The second kappa shape index (κ2) is 11.3. The van der Waals surface area contributed by atoms with E-state index < -0.39 is 24.4 Å². The van der Waals surface area contributed by atoms with Gasteiger partial charge in [-0.1, -0.05) is 35.9 Å². The number of para-hydroxylation sites is 2. The molecule has 8 heteroatoms. The summed E-state index contributed by atoms with van der Waals surface area (Å²) in [5.74, 6) is -0.147. The predicted molar refractivity (Wildman–Crippen MR) is 123 cm³/mol. The molecule has 0 saturated carbocycles. The zero-order chi connectivity index (χ0) is 23.6. The van der Waals surface area contributed by atoms with E-state index >= 15 is 0 Å². The molecule has 0 aliphatic rings. The van der Waals surface area contributed by atoms with Gasteiger partial charge in [0, 0.05) is 5.56 Å². The molecule has 0 aliphatic carbocycles. The Balaban J connectivity index is 1.47. The Hall–Kier alpha value is -4.33. The van der Waals surface area contributed by atoms with Gasteiger partial charge in [-0.15, -0.1) is 0 Å². The Labute approximate surface area is 191 Å². The summed E-state index contributed by atoms with van der Waals surface area (Å²) in [5.41, 5.74) is 1.88. The second-order valence-electron chi connectivity index (χ2n) is 7.03. The van der Waals surface area contributed by atoms with Crippen LogP contribution < -0.4 is 20.1 Å². The summed E-state index contributed by atoms with van der Waals surface area (Å²) < 4.78 is 15.8. The van der Waals surface area contributed by atoms with Gasteiger partial charge in [0.2, 0.25) is 0 Å². The van der Waals surface area contributed by atoms with Crippen molar-refractivity contribution in [2.45, 2.75) is 6.92 Å². The Bertz CT molecular complexity index is 1130. The van der Waals surface area contributed by atoms with Crippen LogP contribution in [0, 0.1) is 6.92 Å². The quantitative estimate of drug-likeness (QED) is 0.484. The van der Waals surface area contributed by atoms with Crippen LogP contribution in [-0.2, 0) is 14.3 Å². The van der Waals surface area contributed by atoms with Crippen LogP contribution in [0.2, 0.25) is 0 Å². The van der Waals surface area contributed by atoms with Crippen LogP contribution in [0.3, 0.4) is 0 Å². The predicted octanol–water partition coefficient (Wildman–Crippen LogP) is 3.71. The van der Waals surface area contributed by atoms with Crippen LogP contribution in [0.4, 0.5) is 5.69 Å². The van der Waals surface area contributed by atoms with Crippen molar-refractivity contribution in [1.82, 2.24) is 5.32 Å². The average Bonchev–Trinajstić information content (AvgIpc) is 2.83. The van der Waals surface area contributed by atoms with Crippen molar-refractivity contribution in [1.29, 1.82) is 0 Å². The molecule has 3 aromatic rings. The number of carbonyl (C=O) groups is 3. The summed E-state index contributed by atoms with van der Waals surface area (Å²) in [4.78, 5) is 36.3. The summed E-state index contributed by atoms with van der Waals surface area (Å²) >= 11 is 0. The highest BCUT2D eigenvalue weighted by Crippen LogP contribution is 2.29. The molecule has 2 amide bonds. The van der Waals surface area contributed by atoms with Crippen molar-refractivity contribution in [3.05, 3.63) is 83.9 Å². The number of ether oxygens (including phenoxy) is 3. The first-order chi connectivity index (χ1) is 15.9. The molecule has 0 aromatic heterocycles. The van der Waals surface area contributed by atoms with Gasteiger partial charge in [-0.2, -0.15) is 0 Å². The smallest absolute Gasteiger partial charge is 0.325 e. The van der Waals surface area contributed by atoms with Crippen LogP contribution in [0.5, 0.6) is 17.2 Å². The molecule has 33 heavy (non-hydrogen) atoms. The van der Waals surface area contributed by atoms with Crippen LogP contribution >= 0.6 is 0 Å². The number of hydrogen-bond donors (Lipinski definition) is 2. The third kappa shape index (κ3) is 7.10. The topological polar surface area (TPSA) is 103 Å². The van der Waals surface area contributed by atoms with E-state index in [0.29, 0.717) is 28.5 Å². The van der Waals surface area contributed by atoms with Crippen LogP contribution in [0.1, 0.15) is 15.9 Å². The fraction of sp³-hybridized carbons (Fsp3) is 0.160. The molecule has 0 saturated heterocycles. The van der Waals surface area contributed by atoms with Gasteiger partial charge in [-0.25, -0.2) is 0 Å². The first kappa shape index (κ1) is 23.3. The third-order valence-corrected chi connectivity index (χ3v) is 4.50. The van der Waals surface area contributed by atoms with E-state index in [1.54, 1.807) is 48.5 Å². The van der Waals surface area contributed by atoms with Gasteiger partial charge in [-0.3, -0.25) is 14.4 Å². The van der Waals surface area contributed by atoms with E-state index in [9.17, 15) is 14.4 Å². The Morgan fingerprint density at radius 1 is 0.879 bits per heavy atom. The SMILES string of the molecule is COc1cccc(C(=O)NCC(=O)OCC(=O)Nc2ccccc2Oc2ccc(C)cc2)c1. The second-order valence-corrected chi connectivity index (χ2v) is 7.03. The van der Waals surface area contributed by atoms with Gasteiger partial charge in [0.25, 0.3) is 11.8 Å². The lowest BCUT2D eigenvalue weighted by atomic mass is 10.2. The Morgan fingerprint density at radius 3 is 2.39 bits per heavy atom. The van der Waals surface area contributed by atoms with Crippen molar-refractivity contribution in [2.24, 2.45) is 0 Å². The minimum absolute atomic E-state index is 0.338. The number of rotatable bonds is 9. The van der Waals surface area contributed by atoms with Gasteiger partial charge >= 0.3 is 5.97 Å². The summed E-state index contributed by atoms with van der Waals surface area (Å²) in [7, 11) is 1.49. The molecule has 0 heterocycles. The lowest BCUT2D eigenvalue weighted by molar-refractivity contribution is -0.146. The van der Waals surface area contributed by atoms with Crippen LogP contribution in [0.25, 0.3) is 0 Å². The molecule has 0 radical (unpaired) electrons. The van der Waals surface area contributed by atoms with Gasteiger partial charge in [0.1, 0.15) is 18.0 Å². The zero-order valence-corrected chi connectivity index (χ0v) is 18.3. The van der Waals surface area contributed by atoms with Crippen molar-refractivity contribution >= 4 is 23.5 Å². The van der Waals surface area contributed by atoms with Gasteiger partial charge < -0.3 is 24.8 Å². The Morgan fingerprint density at radius 2 is 1.64 bits per heavy atom. The van der Waals surface area contributed by atoms with E-state index in [-0.39, 0.29) is 6.54 Å². The largest absolute Gasteiger partial charge is 0.497 e. The van der Waals surface area contributed by atoms with Gasteiger partial charge in [0.15, 0.2) is 12.4 Å². The van der Waals surface area contributed by atoms with Crippen molar-refractivity contribution in [2.75, 3.05) is 25.6 Å². The van der Waals surface area contributed by atoms with E-state index in [4.69, 9.17) is 14.2 Å². The van der Waals surface area contributed by atoms with E-state index in [0.717, 1.165) is 5.56 Å². The molecular weight excluding hydrogens is 424 g/mol. The highest BCUT2D eigenvalue weighted by molar-refractivity contribution is 5.97. The normalized spacial score (nSPS) is 10.1. The number of methoxy groups -OCH3 is 1. The summed E-state index contributed by atoms with van der Waals surface area (Å²) in [5, 5.41) is 5.10. The third-order valence-electron chi connectivity index (χ3n) is 4.50. The molecule has 3 rings (SSSR count). The summed E-state index contributed by atoms with van der Waals surface area (Å²) in [6.45, 7) is 1.09. The highest BCUT2D eigenvalue weighted by Gasteiger charge is 2.13. The molecule has 170 valence electrons. The number of hydrogen-bond acceptors (Lipinski definition) is 6. The molecule has 0 aliphatic heterocycles. The van der Waals surface area contributed by atoms with E-state index in [1.165, 1.54) is 7.11 Å².